The molecule has 1 aliphatic heterocycles. The van der Waals surface area contributed by atoms with Crippen LogP contribution in [0.5, 0.6) is 0 Å². The number of anilines is 1. The van der Waals surface area contributed by atoms with Crippen molar-refractivity contribution in [2.75, 3.05) is 12.3 Å². The predicted molar refractivity (Wildman–Crippen MR) is 69.1 cm³/mol. The van der Waals surface area contributed by atoms with Crippen LogP contribution in [-0.4, -0.2) is 24.4 Å². The molecule has 1 unspecified atom stereocenters. The quantitative estimate of drug-likeness (QED) is 0.683. The van der Waals surface area contributed by atoms with E-state index in [1.165, 1.54) is 0 Å². The lowest BCUT2D eigenvalue weighted by molar-refractivity contribution is -0.119. The lowest BCUT2D eigenvalue weighted by atomic mass is 10.1. The number of nitrogens with one attached hydrogen (secondary N) is 2. The first-order chi connectivity index (χ1) is 8.56. The fraction of sp³-hybridized carbons (Fsp3) is 0.385. The van der Waals surface area contributed by atoms with Gasteiger partial charge in [0, 0.05) is 24.7 Å². The number of aryl methyl sites for hydroxylation is 1. The molecule has 0 spiro atoms. The Kier molecular flexibility index (Phi) is 3.50. The van der Waals surface area contributed by atoms with E-state index in [1.54, 1.807) is 12.1 Å². The maximum absolute atomic E-state index is 11.9. The number of carbonyl (C=O) groups is 2. The van der Waals surface area contributed by atoms with Crippen LogP contribution >= 0.6 is 0 Å². The van der Waals surface area contributed by atoms with Crippen molar-refractivity contribution in [3.05, 3.63) is 29.3 Å². The summed E-state index contributed by atoms with van der Waals surface area (Å²) in [7, 11) is 0. The summed E-state index contributed by atoms with van der Waals surface area (Å²) >= 11 is 0. The number of rotatable bonds is 3. The van der Waals surface area contributed by atoms with Crippen molar-refractivity contribution < 1.29 is 9.59 Å². The summed E-state index contributed by atoms with van der Waals surface area (Å²) in [5, 5.41) is 5.59. The van der Waals surface area contributed by atoms with Crippen LogP contribution in [0.4, 0.5) is 5.69 Å². The predicted octanol–water partition coefficient (Wildman–Crippen LogP) is 0.586. The Morgan fingerprint density at radius 1 is 1.56 bits per heavy atom. The zero-order chi connectivity index (χ0) is 13.1. The van der Waals surface area contributed by atoms with Gasteiger partial charge in [-0.1, -0.05) is 6.07 Å². The Balaban J connectivity index is 1.93. The Bertz CT molecular complexity index is 485. The first-order valence-electron chi connectivity index (χ1n) is 6.00. The van der Waals surface area contributed by atoms with Crippen LogP contribution < -0.4 is 16.4 Å². The van der Waals surface area contributed by atoms with E-state index in [0.29, 0.717) is 24.2 Å². The summed E-state index contributed by atoms with van der Waals surface area (Å²) in [6.07, 6.45) is 1.30. The van der Waals surface area contributed by atoms with Crippen LogP contribution in [0, 0.1) is 6.92 Å². The third-order valence-electron chi connectivity index (χ3n) is 3.05. The molecule has 4 N–H and O–H groups in total. The molecular weight excluding hydrogens is 230 g/mol. The topological polar surface area (TPSA) is 84.2 Å². The summed E-state index contributed by atoms with van der Waals surface area (Å²) < 4.78 is 0. The number of hydrogen-bond acceptors (Lipinski definition) is 3. The first kappa shape index (κ1) is 12.4. The van der Waals surface area contributed by atoms with Gasteiger partial charge in [0.25, 0.3) is 5.91 Å². The van der Waals surface area contributed by atoms with Gasteiger partial charge in [0.2, 0.25) is 5.91 Å². The van der Waals surface area contributed by atoms with Crippen LogP contribution in [0.25, 0.3) is 0 Å². The third kappa shape index (κ3) is 2.80. The highest BCUT2D eigenvalue weighted by molar-refractivity contribution is 5.99. The maximum Gasteiger partial charge on any atom is 0.253 e. The summed E-state index contributed by atoms with van der Waals surface area (Å²) in [4.78, 5) is 22.9. The van der Waals surface area contributed by atoms with Gasteiger partial charge in [-0.15, -0.1) is 0 Å². The summed E-state index contributed by atoms with van der Waals surface area (Å²) in [5.41, 5.74) is 7.77. The van der Waals surface area contributed by atoms with Crippen molar-refractivity contribution >= 4 is 17.5 Å². The van der Waals surface area contributed by atoms with Crippen molar-refractivity contribution in [2.24, 2.45) is 0 Å². The summed E-state index contributed by atoms with van der Waals surface area (Å²) in [6.45, 7) is 2.37. The van der Waals surface area contributed by atoms with Crippen LogP contribution in [0.3, 0.4) is 0 Å². The molecule has 1 aliphatic rings. The van der Waals surface area contributed by atoms with Crippen molar-refractivity contribution in [3.63, 3.8) is 0 Å². The minimum Gasteiger partial charge on any atom is -0.398 e. The molecule has 0 saturated carbocycles. The largest absolute Gasteiger partial charge is 0.398 e. The molecule has 1 fully saturated rings. The molecule has 2 amide bonds. The van der Waals surface area contributed by atoms with Crippen molar-refractivity contribution in [1.29, 1.82) is 0 Å². The molecule has 1 atom stereocenters. The molecule has 1 saturated heterocycles. The second-order valence-electron chi connectivity index (χ2n) is 4.60. The van der Waals surface area contributed by atoms with Gasteiger partial charge in [-0.3, -0.25) is 9.59 Å². The van der Waals surface area contributed by atoms with Gasteiger partial charge >= 0.3 is 0 Å². The van der Waals surface area contributed by atoms with E-state index in [2.05, 4.69) is 10.6 Å². The highest BCUT2D eigenvalue weighted by Crippen LogP contribution is 2.13. The molecule has 0 aromatic heterocycles. The minimum absolute atomic E-state index is 0.0353. The van der Waals surface area contributed by atoms with E-state index < -0.39 is 0 Å². The maximum atomic E-state index is 11.9. The fourth-order valence-corrected chi connectivity index (χ4v) is 2.03. The van der Waals surface area contributed by atoms with Gasteiger partial charge in [-0.2, -0.15) is 0 Å². The molecule has 0 aliphatic carbocycles. The molecule has 0 radical (unpaired) electrons. The van der Waals surface area contributed by atoms with Gasteiger partial charge in [0.1, 0.15) is 0 Å². The fourth-order valence-electron chi connectivity index (χ4n) is 2.03. The molecule has 1 heterocycles. The third-order valence-corrected chi connectivity index (χ3v) is 3.05. The minimum atomic E-state index is -0.200. The number of carbonyl (C=O) groups excluding carboxylic acids is 2. The second-order valence-corrected chi connectivity index (χ2v) is 4.60. The average Bonchev–Trinajstić information content (AvgIpc) is 2.72. The van der Waals surface area contributed by atoms with Gasteiger partial charge in [0.15, 0.2) is 0 Å². The van der Waals surface area contributed by atoms with Gasteiger partial charge < -0.3 is 16.4 Å². The number of amides is 2. The van der Waals surface area contributed by atoms with E-state index in [9.17, 15) is 9.59 Å². The molecular formula is C13H17N3O2. The van der Waals surface area contributed by atoms with Crippen molar-refractivity contribution in [1.82, 2.24) is 10.6 Å². The molecule has 2 rings (SSSR count). The van der Waals surface area contributed by atoms with Crippen molar-refractivity contribution in [3.8, 4) is 0 Å². The highest BCUT2D eigenvalue weighted by atomic mass is 16.2. The van der Waals surface area contributed by atoms with Crippen molar-refractivity contribution in [2.45, 2.75) is 25.8 Å². The van der Waals surface area contributed by atoms with Gasteiger partial charge in [-0.05, 0) is 31.0 Å². The Hall–Kier alpha value is -2.04. The zero-order valence-corrected chi connectivity index (χ0v) is 10.3. The summed E-state index contributed by atoms with van der Waals surface area (Å²) in [5.74, 6) is -0.155. The van der Waals surface area contributed by atoms with E-state index in [4.69, 9.17) is 5.73 Å². The number of hydrogen-bond donors (Lipinski definition) is 3. The van der Waals surface area contributed by atoms with E-state index in [-0.39, 0.29) is 17.9 Å². The zero-order valence-electron chi connectivity index (χ0n) is 10.3. The molecule has 5 nitrogen and oxygen atoms in total. The molecule has 1 aromatic rings. The first-order valence-corrected chi connectivity index (χ1v) is 6.00. The highest BCUT2D eigenvalue weighted by Gasteiger charge is 2.21. The Morgan fingerprint density at radius 2 is 2.33 bits per heavy atom. The van der Waals surface area contributed by atoms with Crippen LogP contribution in [0.1, 0.15) is 28.8 Å². The lowest BCUT2D eigenvalue weighted by Crippen LogP contribution is -2.38. The molecule has 0 bridgehead atoms. The normalized spacial score (nSPS) is 18.5. The van der Waals surface area contributed by atoms with Gasteiger partial charge in [-0.25, -0.2) is 0 Å². The molecule has 96 valence electrons. The van der Waals surface area contributed by atoms with Gasteiger partial charge in [0.05, 0.1) is 5.56 Å². The monoisotopic (exact) mass is 247 g/mol. The number of benzene rings is 1. The molecule has 1 aromatic carbocycles. The second kappa shape index (κ2) is 5.08. The smallest absolute Gasteiger partial charge is 0.253 e. The molecule has 18 heavy (non-hydrogen) atoms. The van der Waals surface area contributed by atoms with E-state index in [0.717, 1.165) is 12.0 Å². The van der Waals surface area contributed by atoms with E-state index >= 15 is 0 Å². The molecule has 5 heteroatoms. The van der Waals surface area contributed by atoms with Crippen LogP contribution in [0.2, 0.25) is 0 Å². The SMILES string of the molecule is Cc1ccc(C(=O)NCC2CCC(=O)N2)c(N)c1. The number of nitrogen functional groups attached to an aromatic ring is 1. The standard InChI is InChI=1S/C13H17N3O2/c1-8-2-4-10(11(14)6-8)13(18)15-7-9-3-5-12(17)16-9/h2,4,6,9H,3,5,7,14H2,1H3,(H,15,18)(H,16,17). The summed E-state index contributed by atoms with van der Waals surface area (Å²) in [6, 6.07) is 5.37. The van der Waals surface area contributed by atoms with Crippen LogP contribution in [-0.2, 0) is 4.79 Å². The Morgan fingerprint density at radius 3 is 2.94 bits per heavy atom. The number of nitrogens with two attached hydrogens (primary N) is 1. The lowest BCUT2D eigenvalue weighted by Gasteiger charge is -2.12. The van der Waals surface area contributed by atoms with Crippen LogP contribution in [0.15, 0.2) is 18.2 Å². The average molecular weight is 247 g/mol. The van der Waals surface area contributed by atoms with E-state index in [1.807, 2.05) is 13.0 Å². The Labute approximate surface area is 106 Å².